The van der Waals surface area contributed by atoms with Crippen LogP contribution in [0.15, 0.2) is 29.1 Å². The maximum atomic E-state index is 12.6. The number of nitrogens with one attached hydrogen (secondary N) is 2. The van der Waals surface area contributed by atoms with E-state index in [-0.39, 0.29) is 11.6 Å². The predicted molar refractivity (Wildman–Crippen MR) is 108 cm³/mol. The molecule has 0 aliphatic heterocycles. The van der Waals surface area contributed by atoms with Crippen molar-refractivity contribution in [3.63, 3.8) is 0 Å². The minimum atomic E-state index is 0.0228. The molecule has 1 aromatic carbocycles. The molecule has 2 N–H and O–H groups in total. The molecule has 0 spiro atoms. The third-order valence-corrected chi connectivity index (χ3v) is 6.46. The molecule has 3 aromatic rings. The Hall–Kier alpha value is -1.98. The van der Waals surface area contributed by atoms with Gasteiger partial charge in [0.1, 0.15) is 10.7 Å². The van der Waals surface area contributed by atoms with Gasteiger partial charge in [0, 0.05) is 10.9 Å². The van der Waals surface area contributed by atoms with Gasteiger partial charge in [0.2, 0.25) is 0 Å². The normalized spacial score (nSPS) is 15.2. The van der Waals surface area contributed by atoms with E-state index in [1.54, 1.807) is 11.3 Å². The average molecular weight is 368 g/mol. The number of hydrogen-bond acceptors (Lipinski definition) is 4. The fourth-order valence-electron chi connectivity index (χ4n) is 3.81. The zero-order chi connectivity index (χ0) is 18.1. The Bertz CT molecular complexity index is 971. The highest BCUT2D eigenvalue weighted by Gasteiger charge is 2.20. The highest BCUT2D eigenvalue weighted by Crippen LogP contribution is 2.33. The summed E-state index contributed by atoms with van der Waals surface area (Å²) in [4.78, 5) is 22.7. The van der Waals surface area contributed by atoms with Crippen molar-refractivity contribution in [2.24, 2.45) is 0 Å². The second kappa shape index (κ2) is 7.33. The Labute approximate surface area is 157 Å². The van der Waals surface area contributed by atoms with E-state index in [4.69, 9.17) is 4.98 Å². The van der Waals surface area contributed by atoms with Crippen LogP contribution in [-0.2, 0) is 19.4 Å². The molecule has 0 amide bonds. The van der Waals surface area contributed by atoms with Gasteiger partial charge in [-0.3, -0.25) is 4.79 Å². The lowest BCUT2D eigenvalue weighted by Crippen LogP contribution is -2.23. The van der Waals surface area contributed by atoms with Crippen molar-refractivity contribution in [1.82, 2.24) is 15.3 Å². The van der Waals surface area contributed by atoms with Gasteiger partial charge in [-0.05, 0) is 50.2 Å². The van der Waals surface area contributed by atoms with Crippen molar-refractivity contribution >= 4 is 21.6 Å². The minimum Gasteiger partial charge on any atom is -0.309 e. The van der Waals surface area contributed by atoms with Gasteiger partial charge in [-0.25, -0.2) is 4.98 Å². The molecule has 0 bridgehead atoms. The molecule has 1 aliphatic carbocycles. The molecule has 2 heterocycles. The summed E-state index contributed by atoms with van der Waals surface area (Å²) in [6.45, 7) is 4.84. The van der Waals surface area contributed by atoms with E-state index in [1.807, 2.05) is 0 Å². The van der Waals surface area contributed by atoms with Crippen LogP contribution in [0.25, 0.3) is 10.2 Å². The summed E-state index contributed by atoms with van der Waals surface area (Å²) in [6, 6.07) is 8.88. The largest absolute Gasteiger partial charge is 0.309 e. The highest BCUT2D eigenvalue weighted by molar-refractivity contribution is 7.18. The summed E-state index contributed by atoms with van der Waals surface area (Å²) >= 11 is 1.71. The first-order valence-electron chi connectivity index (χ1n) is 9.49. The zero-order valence-electron chi connectivity index (χ0n) is 15.4. The molecule has 2 aromatic heterocycles. The van der Waals surface area contributed by atoms with Crippen LogP contribution in [-0.4, -0.2) is 9.97 Å². The monoisotopic (exact) mass is 367 g/mol. The zero-order valence-corrected chi connectivity index (χ0v) is 16.2. The fourth-order valence-corrected chi connectivity index (χ4v) is 5.09. The Morgan fingerprint density at radius 1 is 1.23 bits per heavy atom. The van der Waals surface area contributed by atoms with E-state index in [2.05, 4.69) is 48.4 Å². The van der Waals surface area contributed by atoms with Gasteiger partial charge in [-0.2, -0.15) is 0 Å². The van der Waals surface area contributed by atoms with Gasteiger partial charge in [0.15, 0.2) is 0 Å². The summed E-state index contributed by atoms with van der Waals surface area (Å²) in [5.74, 6) is 0.728. The van der Waals surface area contributed by atoms with Crippen LogP contribution in [0.2, 0.25) is 0 Å². The molecule has 1 aliphatic rings. The van der Waals surface area contributed by atoms with Gasteiger partial charge in [-0.15, -0.1) is 11.3 Å². The topological polar surface area (TPSA) is 57.8 Å². The lowest BCUT2D eigenvalue weighted by Gasteiger charge is -2.17. The first kappa shape index (κ1) is 17.4. The number of fused-ring (bicyclic) bond motifs is 3. The number of benzene rings is 1. The lowest BCUT2D eigenvalue weighted by atomic mass is 9.97. The molecule has 26 heavy (non-hydrogen) atoms. The van der Waals surface area contributed by atoms with Crippen molar-refractivity contribution in [3.05, 3.63) is 62.0 Å². The highest BCUT2D eigenvalue weighted by atomic mass is 32.1. The molecule has 0 saturated heterocycles. The van der Waals surface area contributed by atoms with Crippen LogP contribution in [0.4, 0.5) is 0 Å². The smallest absolute Gasteiger partial charge is 0.259 e. The van der Waals surface area contributed by atoms with Crippen molar-refractivity contribution in [2.45, 2.75) is 58.5 Å². The van der Waals surface area contributed by atoms with E-state index in [0.29, 0.717) is 6.54 Å². The fraction of sp³-hybridized carbons (Fsp3) is 0.429. The van der Waals surface area contributed by atoms with Crippen LogP contribution in [0.3, 0.4) is 0 Å². The Morgan fingerprint density at radius 2 is 2.00 bits per heavy atom. The molecular formula is C21H25N3OS. The van der Waals surface area contributed by atoms with Crippen molar-refractivity contribution in [3.8, 4) is 0 Å². The molecule has 1 atom stereocenters. The van der Waals surface area contributed by atoms with Crippen molar-refractivity contribution < 1.29 is 0 Å². The molecule has 0 fully saturated rings. The summed E-state index contributed by atoms with van der Waals surface area (Å²) in [5, 5.41) is 4.38. The number of nitrogens with zero attached hydrogens (tertiary/aromatic N) is 1. The molecule has 1 unspecified atom stereocenters. The molecule has 0 radical (unpaired) electrons. The Morgan fingerprint density at radius 3 is 2.77 bits per heavy atom. The quantitative estimate of drug-likeness (QED) is 0.702. The number of aryl methyl sites for hydroxylation is 3. The van der Waals surface area contributed by atoms with E-state index in [9.17, 15) is 4.79 Å². The Balaban J connectivity index is 1.57. The molecule has 5 heteroatoms. The van der Waals surface area contributed by atoms with Crippen LogP contribution in [0.5, 0.6) is 0 Å². The molecule has 4 rings (SSSR count). The second-order valence-electron chi connectivity index (χ2n) is 7.16. The maximum Gasteiger partial charge on any atom is 0.259 e. The van der Waals surface area contributed by atoms with Gasteiger partial charge < -0.3 is 10.3 Å². The predicted octanol–water partition coefficient (Wildman–Crippen LogP) is 4.41. The first-order chi connectivity index (χ1) is 12.7. The van der Waals surface area contributed by atoms with E-state index >= 15 is 0 Å². The lowest BCUT2D eigenvalue weighted by molar-refractivity contribution is 0.508. The number of thiophene rings is 1. The molecular weight excluding hydrogens is 342 g/mol. The van der Waals surface area contributed by atoms with Crippen molar-refractivity contribution in [1.29, 1.82) is 0 Å². The van der Waals surface area contributed by atoms with E-state index in [1.165, 1.54) is 34.4 Å². The second-order valence-corrected chi connectivity index (χ2v) is 8.24. The first-order valence-corrected chi connectivity index (χ1v) is 10.3. The van der Waals surface area contributed by atoms with Crippen LogP contribution < -0.4 is 10.9 Å². The van der Waals surface area contributed by atoms with Crippen LogP contribution in [0, 0.1) is 6.92 Å². The molecule has 0 saturated carbocycles. The van der Waals surface area contributed by atoms with E-state index < -0.39 is 0 Å². The number of aromatic amines is 1. The van der Waals surface area contributed by atoms with Gasteiger partial charge in [0.25, 0.3) is 5.56 Å². The van der Waals surface area contributed by atoms with Gasteiger partial charge in [0.05, 0.1) is 11.9 Å². The van der Waals surface area contributed by atoms with Crippen LogP contribution >= 0.6 is 11.3 Å². The third kappa shape index (κ3) is 3.33. The van der Waals surface area contributed by atoms with E-state index in [0.717, 1.165) is 35.3 Å². The summed E-state index contributed by atoms with van der Waals surface area (Å²) in [7, 11) is 0. The minimum absolute atomic E-state index is 0.0228. The number of aromatic nitrogens is 2. The summed E-state index contributed by atoms with van der Waals surface area (Å²) in [5.41, 5.74) is 3.81. The summed E-state index contributed by atoms with van der Waals surface area (Å²) < 4.78 is 0. The molecule has 136 valence electrons. The van der Waals surface area contributed by atoms with Crippen LogP contribution in [0.1, 0.15) is 59.6 Å². The molecule has 4 nitrogen and oxygen atoms in total. The number of H-pyrrole nitrogens is 1. The maximum absolute atomic E-state index is 12.6. The standard InChI is InChI=1S/C21H25N3OS/c1-3-16(14-10-8-13(2)9-11-14)22-12-18-23-20(25)19-15-6-4-5-7-17(15)26-21(19)24-18/h8-11,16,22H,3-7,12H2,1-2H3,(H,23,24,25). The van der Waals surface area contributed by atoms with Gasteiger partial charge >= 0.3 is 0 Å². The Kier molecular flexibility index (Phi) is 4.92. The average Bonchev–Trinajstić information content (AvgIpc) is 3.02. The van der Waals surface area contributed by atoms with Gasteiger partial charge in [-0.1, -0.05) is 36.8 Å². The SMILES string of the molecule is CCC(NCc1nc2sc3c(c2c(=O)[nH]1)CCCC3)c1ccc(C)cc1. The third-order valence-electron chi connectivity index (χ3n) is 5.28. The number of rotatable bonds is 5. The van der Waals surface area contributed by atoms with Crippen molar-refractivity contribution in [2.75, 3.05) is 0 Å². The number of hydrogen-bond donors (Lipinski definition) is 2. The summed E-state index contributed by atoms with van der Waals surface area (Å²) in [6.07, 6.45) is 5.50.